The lowest BCUT2D eigenvalue weighted by molar-refractivity contribution is -0.128. The van der Waals surface area contributed by atoms with Crippen LogP contribution in [0.1, 0.15) is 0 Å². The van der Waals surface area contributed by atoms with Gasteiger partial charge in [0.25, 0.3) is 5.91 Å². The molecule has 0 unspecified atom stereocenters. The van der Waals surface area contributed by atoms with E-state index < -0.39 is 18.1 Å². The molecule has 0 aliphatic carbocycles. The summed E-state index contributed by atoms with van der Waals surface area (Å²) >= 11 is 0. The van der Waals surface area contributed by atoms with Gasteiger partial charge in [0, 0.05) is 0 Å². The molecule has 6 heteroatoms. The van der Waals surface area contributed by atoms with E-state index in [2.05, 4.69) is 15.3 Å². The number of nitrogens with two attached hydrogens (primary N) is 1. The van der Waals surface area contributed by atoms with Crippen LogP contribution in [0.3, 0.4) is 0 Å². The van der Waals surface area contributed by atoms with E-state index in [9.17, 15) is 9.59 Å². The summed E-state index contributed by atoms with van der Waals surface area (Å²) in [5.41, 5.74) is 6.64. The third-order valence-electron chi connectivity index (χ3n) is 0.958. The van der Waals surface area contributed by atoms with Crippen molar-refractivity contribution >= 4 is 12.0 Å². The van der Waals surface area contributed by atoms with Crippen molar-refractivity contribution in [2.45, 2.75) is 6.10 Å². The molecule has 1 heterocycles. The minimum Gasteiger partial charge on any atom is -0.434 e. The van der Waals surface area contributed by atoms with Crippen LogP contribution in [0.5, 0.6) is 0 Å². The molecule has 1 aliphatic heterocycles. The van der Waals surface area contributed by atoms with E-state index >= 15 is 0 Å². The van der Waals surface area contributed by atoms with Crippen molar-refractivity contribution in [2.75, 3.05) is 6.61 Å². The Kier molecular flexibility index (Phi) is 1.72. The molecule has 2 amide bonds. The van der Waals surface area contributed by atoms with E-state index in [1.54, 1.807) is 0 Å². The standard InChI is InChI=1S/C4H6N2O4/c5-4(8)10-2-1-9-6-3(2)7/h2H,1H2,(H2,5,8)(H,6,7)/t2-/m1/s1. The third kappa shape index (κ3) is 1.35. The number of carbonyl (C=O) groups is 2. The van der Waals surface area contributed by atoms with E-state index in [-0.39, 0.29) is 6.61 Å². The van der Waals surface area contributed by atoms with Gasteiger partial charge in [0.15, 0.2) is 0 Å². The van der Waals surface area contributed by atoms with Crippen molar-refractivity contribution in [1.29, 1.82) is 0 Å². The van der Waals surface area contributed by atoms with Crippen LogP contribution in [0.4, 0.5) is 4.79 Å². The smallest absolute Gasteiger partial charge is 0.405 e. The second kappa shape index (κ2) is 2.53. The first kappa shape index (κ1) is 6.81. The van der Waals surface area contributed by atoms with E-state index in [1.165, 1.54) is 0 Å². The van der Waals surface area contributed by atoms with Gasteiger partial charge in [-0.25, -0.2) is 10.3 Å². The number of nitrogens with one attached hydrogen (secondary N) is 1. The first-order chi connectivity index (χ1) is 4.70. The molecule has 0 aromatic carbocycles. The SMILES string of the molecule is NC(=O)O[C@@H]1CONC1=O. The van der Waals surface area contributed by atoms with Crippen LogP contribution in [0.15, 0.2) is 0 Å². The summed E-state index contributed by atoms with van der Waals surface area (Å²) in [6.45, 7) is 0.0156. The molecule has 0 radical (unpaired) electrons. The summed E-state index contributed by atoms with van der Waals surface area (Å²) in [4.78, 5) is 25.0. The van der Waals surface area contributed by atoms with E-state index in [1.807, 2.05) is 5.48 Å². The second-order valence-corrected chi connectivity index (χ2v) is 1.70. The molecule has 0 aromatic rings. The van der Waals surface area contributed by atoms with Gasteiger partial charge < -0.3 is 10.5 Å². The summed E-state index contributed by atoms with van der Waals surface area (Å²) in [6.07, 6.45) is -1.87. The molecule has 6 nitrogen and oxygen atoms in total. The minimum atomic E-state index is -0.981. The van der Waals surface area contributed by atoms with Gasteiger partial charge in [0.1, 0.15) is 6.61 Å². The number of hydrogen-bond donors (Lipinski definition) is 2. The topological polar surface area (TPSA) is 90.7 Å². The zero-order valence-corrected chi connectivity index (χ0v) is 4.99. The fourth-order valence-electron chi connectivity index (χ4n) is 0.558. The Labute approximate surface area is 56.2 Å². The summed E-state index contributed by atoms with van der Waals surface area (Å²) in [5, 5.41) is 0. The van der Waals surface area contributed by atoms with Crippen molar-refractivity contribution in [1.82, 2.24) is 5.48 Å². The van der Waals surface area contributed by atoms with Crippen LogP contribution >= 0.6 is 0 Å². The lowest BCUT2D eigenvalue weighted by Crippen LogP contribution is -2.31. The van der Waals surface area contributed by atoms with Gasteiger partial charge in [-0.2, -0.15) is 0 Å². The monoisotopic (exact) mass is 146 g/mol. The van der Waals surface area contributed by atoms with Crippen LogP contribution in [0.25, 0.3) is 0 Å². The molecule has 1 aliphatic rings. The van der Waals surface area contributed by atoms with Gasteiger partial charge in [0.2, 0.25) is 6.10 Å². The number of carbonyl (C=O) groups excluding carboxylic acids is 2. The largest absolute Gasteiger partial charge is 0.434 e. The summed E-state index contributed by atoms with van der Waals surface area (Å²) < 4.78 is 4.33. The summed E-state index contributed by atoms with van der Waals surface area (Å²) in [5.74, 6) is -0.487. The highest BCUT2D eigenvalue weighted by Crippen LogP contribution is 1.98. The maximum atomic E-state index is 10.5. The molecule has 1 atom stereocenters. The lowest BCUT2D eigenvalue weighted by Gasteiger charge is -2.02. The quantitative estimate of drug-likeness (QED) is 0.471. The summed E-state index contributed by atoms with van der Waals surface area (Å²) in [7, 11) is 0. The lowest BCUT2D eigenvalue weighted by atomic mass is 10.4. The number of primary amides is 1. The molecule has 1 saturated heterocycles. The van der Waals surface area contributed by atoms with E-state index in [4.69, 9.17) is 0 Å². The Hall–Kier alpha value is -1.30. The van der Waals surface area contributed by atoms with Gasteiger partial charge >= 0.3 is 6.09 Å². The number of hydrogen-bond acceptors (Lipinski definition) is 4. The molecule has 0 spiro atoms. The number of ether oxygens (including phenoxy) is 1. The molecule has 0 aromatic heterocycles. The van der Waals surface area contributed by atoms with Crippen LogP contribution < -0.4 is 11.2 Å². The molecule has 3 N–H and O–H groups in total. The van der Waals surface area contributed by atoms with Crippen LogP contribution in [-0.4, -0.2) is 24.7 Å². The fraction of sp³-hybridized carbons (Fsp3) is 0.500. The van der Waals surface area contributed by atoms with Crippen molar-refractivity contribution in [3.8, 4) is 0 Å². The normalized spacial score (nSPS) is 24.0. The maximum Gasteiger partial charge on any atom is 0.405 e. The fourth-order valence-corrected chi connectivity index (χ4v) is 0.558. The second-order valence-electron chi connectivity index (χ2n) is 1.70. The Balaban J connectivity index is 2.40. The van der Waals surface area contributed by atoms with Gasteiger partial charge in [0.05, 0.1) is 0 Å². The number of rotatable bonds is 1. The first-order valence-electron chi connectivity index (χ1n) is 2.58. The highest BCUT2D eigenvalue weighted by Gasteiger charge is 2.28. The average molecular weight is 146 g/mol. The van der Waals surface area contributed by atoms with E-state index in [0.717, 1.165) is 0 Å². The molecule has 10 heavy (non-hydrogen) atoms. The first-order valence-corrected chi connectivity index (χ1v) is 2.58. The Morgan fingerprint density at radius 2 is 2.60 bits per heavy atom. The molecule has 0 saturated carbocycles. The molecule has 56 valence electrons. The van der Waals surface area contributed by atoms with Gasteiger partial charge in [-0.1, -0.05) is 0 Å². The molecule has 1 rings (SSSR count). The minimum absolute atomic E-state index is 0.0156. The van der Waals surface area contributed by atoms with Crippen molar-refractivity contribution < 1.29 is 19.2 Å². The molecule has 1 fully saturated rings. The third-order valence-corrected chi connectivity index (χ3v) is 0.958. The predicted molar refractivity (Wildman–Crippen MR) is 28.6 cm³/mol. The highest BCUT2D eigenvalue weighted by molar-refractivity contribution is 5.83. The van der Waals surface area contributed by atoms with Gasteiger partial charge in [-0.15, -0.1) is 0 Å². The van der Waals surface area contributed by atoms with E-state index in [0.29, 0.717) is 0 Å². The predicted octanol–water partition coefficient (Wildman–Crippen LogP) is -1.49. The maximum absolute atomic E-state index is 10.5. The van der Waals surface area contributed by atoms with Crippen LogP contribution in [0, 0.1) is 0 Å². The number of amides is 2. The van der Waals surface area contributed by atoms with Crippen molar-refractivity contribution in [3.05, 3.63) is 0 Å². The average Bonchev–Trinajstić information content (AvgIpc) is 2.15. The highest BCUT2D eigenvalue weighted by atomic mass is 16.7. The Bertz CT molecular complexity index is 169. The Morgan fingerprint density at radius 1 is 1.90 bits per heavy atom. The van der Waals surface area contributed by atoms with Gasteiger partial charge in [-0.3, -0.25) is 9.63 Å². The van der Waals surface area contributed by atoms with Crippen LogP contribution in [0.2, 0.25) is 0 Å². The molecule has 0 bridgehead atoms. The van der Waals surface area contributed by atoms with Crippen molar-refractivity contribution in [3.63, 3.8) is 0 Å². The molecular weight excluding hydrogens is 140 g/mol. The zero-order chi connectivity index (χ0) is 7.56. The van der Waals surface area contributed by atoms with Crippen molar-refractivity contribution in [2.24, 2.45) is 5.73 Å². The summed E-state index contributed by atoms with van der Waals surface area (Å²) in [6, 6.07) is 0. The zero-order valence-electron chi connectivity index (χ0n) is 4.99. The molecular formula is C4H6N2O4. The Morgan fingerprint density at radius 3 is 3.00 bits per heavy atom. The number of hydroxylamine groups is 1. The van der Waals surface area contributed by atoms with Gasteiger partial charge in [-0.05, 0) is 0 Å². The van der Waals surface area contributed by atoms with Crippen LogP contribution in [-0.2, 0) is 14.4 Å².